The van der Waals surface area contributed by atoms with Crippen molar-refractivity contribution >= 4 is 26.2 Å². The van der Waals surface area contributed by atoms with Crippen LogP contribution in [0.1, 0.15) is 106 Å². The Balaban J connectivity index is 2.47. The lowest BCUT2D eigenvalue weighted by molar-refractivity contribution is -0.169. The number of ether oxygens (including phenoxy) is 5. The molecule has 1 unspecified atom stereocenters. The van der Waals surface area contributed by atoms with Crippen molar-refractivity contribution in [2.75, 3.05) is 13.2 Å². The Kier molecular flexibility index (Phi) is 16.8. The molecule has 1 aliphatic carbocycles. The Bertz CT molecular complexity index is 1130. The van der Waals surface area contributed by atoms with Crippen molar-refractivity contribution in [1.82, 2.24) is 0 Å². The lowest BCUT2D eigenvalue weighted by atomic mass is 9.90. The van der Waals surface area contributed by atoms with Gasteiger partial charge in [-0.05, 0) is 69.7 Å². The topological polar surface area (TPSA) is 107 Å². The minimum Gasteiger partial charge on any atom is -0.466 e. The van der Waals surface area contributed by atoms with Crippen LogP contribution in [0.2, 0.25) is 18.1 Å². The van der Waals surface area contributed by atoms with Crippen LogP contribution in [0.4, 0.5) is 0 Å². The van der Waals surface area contributed by atoms with E-state index in [0.717, 1.165) is 19.3 Å². The maximum absolute atomic E-state index is 13.5. The van der Waals surface area contributed by atoms with Gasteiger partial charge < -0.3 is 28.1 Å². The Labute approximate surface area is 284 Å². The lowest BCUT2D eigenvalue weighted by Gasteiger charge is -2.40. The predicted molar refractivity (Wildman–Crippen MR) is 185 cm³/mol. The number of carbonyl (C=O) groups excluding carboxylic acids is 3. The number of rotatable bonds is 19. The summed E-state index contributed by atoms with van der Waals surface area (Å²) in [5.41, 5.74) is 0.550. The molecular weight excluding hydrogens is 616 g/mol. The summed E-state index contributed by atoms with van der Waals surface area (Å²) in [6.07, 6.45) is 6.30. The van der Waals surface area contributed by atoms with E-state index in [0.29, 0.717) is 31.4 Å². The molecule has 1 aliphatic rings. The van der Waals surface area contributed by atoms with E-state index >= 15 is 0 Å². The lowest BCUT2D eigenvalue weighted by Crippen LogP contribution is -2.45. The van der Waals surface area contributed by atoms with Gasteiger partial charge in [0.1, 0.15) is 6.10 Å². The largest absolute Gasteiger partial charge is 0.466 e. The monoisotopic (exact) mass is 676 g/mol. The van der Waals surface area contributed by atoms with Crippen LogP contribution < -0.4 is 0 Å². The van der Waals surface area contributed by atoms with Gasteiger partial charge in [0.15, 0.2) is 14.6 Å². The van der Waals surface area contributed by atoms with E-state index in [1.807, 2.05) is 26.0 Å². The molecule has 0 heterocycles. The first-order valence-electron chi connectivity index (χ1n) is 17.3. The molecule has 0 bridgehead atoms. The average molecular weight is 677 g/mol. The highest BCUT2D eigenvalue weighted by Gasteiger charge is 2.48. The summed E-state index contributed by atoms with van der Waals surface area (Å²) in [7, 11) is -2.16. The summed E-state index contributed by atoms with van der Waals surface area (Å²) in [5, 5.41) is 0.00609. The quantitative estimate of drug-likeness (QED) is 0.0359. The van der Waals surface area contributed by atoms with Crippen molar-refractivity contribution < 1.29 is 42.5 Å². The number of benzene rings is 1. The molecule has 7 atom stereocenters. The fourth-order valence-corrected chi connectivity index (χ4v) is 7.11. The average Bonchev–Trinajstić information content (AvgIpc) is 3.28. The smallest absolute Gasteiger partial charge is 0.352 e. The van der Waals surface area contributed by atoms with Crippen LogP contribution in [-0.4, -0.2) is 64.0 Å². The van der Waals surface area contributed by atoms with Crippen LogP contribution in [0.3, 0.4) is 0 Å². The highest BCUT2D eigenvalue weighted by Crippen LogP contribution is 2.45. The van der Waals surface area contributed by atoms with Crippen LogP contribution in [0.15, 0.2) is 42.5 Å². The maximum atomic E-state index is 13.5. The second kappa shape index (κ2) is 19.5. The molecule has 1 aromatic carbocycles. The van der Waals surface area contributed by atoms with Gasteiger partial charge in [0.05, 0.1) is 18.8 Å². The molecule has 266 valence electrons. The number of carbonyl (C=O) groups is 3. The molecule has 0 N–H and O–H groups in total. The second-order valence-electron chi connectivity index (χ2n) is 14.0. The molecule has 1 saturated carbocycles. The van der Waals surface area contributed by atoms with Crippen LogP contribution in [0.5, 0.6) is 0 Å². The second-order valence-corrected chi connectivity index (χ2v) is 18.7. The van der Waals surface area contributed by atoms with Gasteiger partial charge in [-0.1, -0.05) is 76.9 Å². The third kappa shape index (κ3) is 13.5. The van der Waals surface area contributed by atoms with Crippen molar-refractivity contribution in [1.29, 1.82) is 0 Å². The SMILES string of the molecule is CCCCC[C@@H](/C=C/[C@@H]1[C@H](CCOC(C)=O)[C@@H](O[Si](C)(C)C(C)(C)C)C[C@H]1OC(C)OCC)OC(=O)[C@H](OC(C)=O)c1ccccc1. The number of hydrogen-bond acceptors (Lipinski definition) is 9. The van der Waals surface area contributed by atoms with Gasteiger partial charge in [-0.2, -0.15) is 0 Å². The molecule has 47 heavy (non-hydrogen) atoms. The van der Waals surface area contributed by atoms with Crippen molar-refractivity contribution in [2.45, 2.75) is 143 Å². The molecule has 9 nitrogen and oxygen atoms in total. The molecule has 0 amide bonds. The van der Waals surface area contributed by atoms with Crippen molar-refractivity contribution in [3.05, 3.63) is 48.0 Å². The van der Waals surface area contributed by atoms with Gasteiger partial charge in [0, 0.05) is 31.9 Å². The van der Waals surface area contributed by atoms with E-state index in [4.69, 9.17) is 28.1 Å². The zero-order chi connectivity index (χ0) is 35.2. The summed E-state index contributed by atoms with van der Waals surface area (Å²) < 4.78 is 36.2. The zero-order valence-electron chi connectivity index (χ0n) is 30.4. The third-order valence-electron chi connectivity index (χ3n) is 9.15. The molecule has 0 radical (unpaired) electrons. The van der Waals surface area contributed by atoms with Crippen molar-refractivity contribution in [3.63, 3.8) is 0 Å². The highest BCUT2D eigenvalue weighted by atomic mass is 28.4. The first kappa shape index (κ1) is 40.6. The van der Waals surface area contributed by atoms with Crippen LogP contribution in [0, 0.1) is 11.8 Å². The maximum Gasteiger partial charge on any atom is 0.352 e. The fourth-order valence-electron chi connectivity index (χ4n) is 5.72. The van der Waals surface area contributed by atoms with Crippen molar-refractivity contribution in [3.8, 4) is 0 Å². The molecule has 1 fully saturated rings. The molecule has 10 heteroatoms. The van der Waals surface area contributed by atoms with Gasteiger partial charge in [0.25, 0.3) is 0 Å². The van der Waals surface area contributed by atoms with E-state index < -0.39 is 38.8 Å². The standard InChI is InChI=1S/C37H60O9Si/c1-11-13-15-20-30(45-36(40)35(43-27(4)39)29-18-16-14-17-19-29)21-22-31-32(23-24-42-26(3)38)34(46-47(9,10)37(6,7)8)25-33(31)44-28(5)41-12-2/h14,16-19,21-22,28,30-35H,11-13,15,20,23-25H2,1-10H3/b22-21+/t28?,30-,31+,32-,33+,34-,35+/m0/s1. The molecular formula is C37H60O9Si. The van der Waals surface area contributed by atoms with Crippen LogP contribution >= 0.6 is 0 Å². The van der Waals surface area contributed by atoms with E-state index in [9.17, 15) is 14.4 Å². The highest BCUT2D eigenvalue weighted by molar-refractivity contribution is 6.74. The van der Waals surface area contributed by atoms with Gasteiger partial charge in [-0.25, -0.2) is 4.79 Å². The number of hydrogen-bond donors (Lipinski definition) is 0. The predicted octanol–water partition coefficient (Wildman–Crippen LogP) is 8.09. The minimum absolute atomic E-state index is 0.00609. The normalized spacial score (nSPS) is 22.1. The Hall–Kier alpha value is -2.53. The van der Waals surface area contributed by atoms with Crippen LogP contribution in [0.25, 0.3) is 0 Å². The van der Waals surface area contributed by atoms with E-state index in [2.05, 4.69) is 46.9 Å². The summed E-state index contributed by atoms with van der Waals surface area (Å²) in [6, 6.07) is 8.90. The van der Waals surface area contributed by atoms with Gasteiger partial charge in [-0.3, -0.25) is 9.59 Å². The molecule has 0 saturated heterocycles. The number of esters is 3. The molecule has 2 rings (SSSR count). The molecule has 0 aliphatic heterocycles. The summed E-state index contributed by atoms with van der Waals surface area (Å²) in [6.45, 7) is 20.6. The van der Waals surface area contributed by atoms with Gasteiger partial charge >= 0.3 is 17.9 Å². The van der Waals surface area contributed by atoms with Gasteiger partial charge in [-0.15, -0.1) is 0 Å². The van der Waals surface area contributed by atoms with E-state index in [-0.39, 0.29) is 41.7 Å². The Morgan fingerprint density at radius 3 is 2.23 bits per heavy atom. The Morgan fingerprint density at radius 1 is 0.979 bits per heavy atom. The molecule has 1 aromatic rings. The summed E-state index contributed by atoms with van der Waals surface area (Å²) >= 11 is 0. The van der Waals surface area contributed by atoms with E-state index in [1.165, 1.54) is 13.8 Å². The van der Waals surface area contributed by atoms with E-state index in [1.54, 1.807) is 24.3 Å². The minimum atomic E-state index is -2.16. The fraction of sp³-hybridized carbons (Fsp3) is 0.703. The first-order valence-corrected chi connectivity index (χ1v) is 20.2. The zero-order valence-corrected chi connectivity index (χ0v) is 31.4. The molecule has 0 aromatic heterocycles. The first-order chi connectivity index (χ1) is 22.1. The third-order valence-corrected chi connectivity index (χ3v) is 13.7. The van der Waals surface area contributed by atoms with Crippen LogP contribution in [-0.2, 0) is 42.5 Å². The summed E-state index contributed by atoms with van der Waals surface area (Å²) in [5.74, 6) is -1.63. The van der Waals surface area contributed by atoms with Crippen molar-refractivity contribution in [2.24, 2.45) is 11.8 Å². The van der Waals surface area contributed by atoms with Gasteiger partial charge in [0.2, 0.25) is 6.10 Å². The summed E-state index contributed by atoms with van der Waals surface area (Å²) in [4.78, 5) is 37.2. The molecule has 0 spiro atoms. The Morgan fingerprint density at radius 2 is 1.66 bits per heavy atom. The number of unbranched alkanes of at least 4 members (excludes halogenated alkanes) is 2.